The Kier molecular flexibility index (Phi) is 4.54. The maximum atomic E-state index is 5.48. The summed E-state index contributed by atoms with van der Waals surface area (Å²) in [6.45, 7) is 7.58. The van der Waals surface area contributed by atoms with Crippen LogP contribution in [0.15, 0.2) is 6.07 Å². The Morgan fingerprint density at radius 3 is 2.71 bits per heavy atom. The van der Waals surface area contributed by atoms with Crippen LogP contribution in [0.2, 0.25) is 0 Å². The monoisotopic (exact) mass is 214 g/mol. The third-order valence-electron chi connectivity index (χ3n) is 2.22. The van der Waals surface area contributed by atoms with Gasteiger partial charge in [-0.2, -0.15) is 0 Å². The number of ether oxygens (including phenoxy) is 1. The Morgan fingerprint density at radius 1 is 1.57 bits per heavy atom. The summed E-state index contributed by atoms with van der Waals surface area (Å²) in [5.41, 5.74) is 4.10. The van der Waals surface area contributed by atoms with Gasteiger partial charge in [-0.25, -0.2) is 5.43 Å². The fraction of sp³-hybridized carbons (Fsp3) is 0.600. The van der Waals surface area contributed by atoms with E-state index in [9.17, 15) is 0 Å². The van der Waals surface area contributed by atoms with E-state index in [1.165, 1.54) is 15.3 Å². The Morgan fingerprint density at radius 2 is 2.29 bits per heavy atom. The van der Waals surface area contributed by atoms with Crippen LogP contribution in [-0.4, -0.2) is 13.2 Å². The lowest BCUT2D eigenvalue weighted by Gasteiger charge is -2.13. The number of rotatable bonds is 5. The van der Waals surface area contributed by atoms with E-state index in [1.807, 2.05) is 6.92 Å². The van der Waals surface area contributed by atoms with Crippen LogP contribution in [0.1, 0.15) is 28.3 Å². The van der Waals surface area contributed by atoms with Crippen molar-refractivity contribution in [2.24, 2.45) is 5.84 Å². The first-order valence-corrected chi connectivity index (χ1v) is 5.61. The molecule has 0 aromatic carbocycles. The van der Waals surface area contributed by atoms with Crippen LogP contribution in [-0.2, 0) is 4.74 Å². The van der Waals surface area contributed by atoms with Crippen molar-refractivity contribution in [2.75, 3.05) is 13.2 Å². The molecule has 1 rings (SSSR count). The van der Waals surface area contributed by atoms with Gasteiger partial charge in [0.1, 0.15) is 0 Å². The van der Waals surface area contributed by atoms with Gasteiger partial charge in [-0.15, -0.1) is 11.3 Å². The molecule has 1 atom stereocenters. The number of aryl methyl sites for hydroxylation is 2. The number of thiophene rings is 1. The van der Waals surface area contributed by atoms with Gasteiger partial charge in [-0.1, -0.05) is 0 Å². The summed E-state index contributed by atoms with van der Waals surface area (Å²) >= 11 is 1.77. The molecule has 3 nitrogen and oxygen atoms in total. The minimum absolute atomic E-state index is 0.118. The minimum atomic E-state index is 0.118. The highest BCUT2D eigenvalue weighted by Crippen LogP contribution is 2.26. The molecule has 1 unspecified atom stereocenters. The van der Waals surface area contributed by atoms with Crippen molar-refractivity contribution in [1.82, 2.24) is 5.43 Å². The largest absolute Gasteiger partial charge is 0.380 e. The summed E-state index contributed by atoms with van der Waals surface area (Å²) in [4.78, 5) is 2.59. The molecule has 14 heavy (non-hydrogen) atoms. The van der Waals surface area contributed by atoms with Crippen LogP contribution < -0.4 is 11.3 Å². The molecule has 0 spiro atoms. The molecular formula is C10H18N2OS. The Labute approximate surface area is 89.2 Å². The van der Waals surface area contributed by atoms with Crippen molar-refractivity contribution < 1.29 is 4.74 Å². The summed E-state index contributed by atoms with van der Waals surface area (Å²) < 4.78 is 5.35. The van der Waals surface area contributed by atoms with E-state index in [2.05, 4.69) is 25.3 Å². The summed E-state index contributed by atoms with van der Waals surface area (Å²) in [5, 5.41) is 0. The predicted octanol–water partition coefficient (Wildman–Crippen LogP) is 1.91. The fourth-order valence-electron chi connectivity index (χ4n) is 1.22. The highest BCUT2D eigenvalue weighted by molar-refractivity contribution is 7.12. The lowest BCUT2D eigenvalue weighted by atomic mass is 10.2. The van der Waals surface area contributed by atoms with E-state index in [0.717, 1.165) is 6.61 Å². The maximum Gasteiger partial charge on any atom is 0.0786 e. The van der Waals surface area contributed by atoms with Crippen molar-refractivity contribution in [2.45, 2.75) is 26.8 Å². The zero-order valence-corrected chi connectivity index (χ0v) is 9.78. The second-order valence-electron chi connectivity index (χ2n) is 3.27. The fourth-order valence-corrected chi connectivity index (χ4v) is 2.31. The van der Waals surface area contributed by atoms with Crippen molar-refractivity contribution >= 4 is 11.3 Å². The summed E-state index contributed by atoms with van der Waals surface area (Å²) in [6, 6.07) is 2.29. The second kappa shape index (κ2) is 5.46. The number of hydrogen-bond acceptors (Lipinski definition) is 4. The molecule has 0 amide bonds. The first-order chi connectivity index (χ1) is 6.69. The molecule has 0 bridgehead atoms. The SMILES string of the molecule is CCOCC(NN)c1cc(C)c(C)s1. The van der Waals surface area contributed by atoms with Crippen molar-refractivity contribution in [1.29, 1.82) is 0 Å². The predicted molar refractivity (Wildman–Crippen MR) is 60.4 cm³/mol. The molecule has 80 valence electrons. The molecule has 0 saturated heterocycles. The van der Waals surface area contributed by atoms with E-state index in [0.29, 0.717) is 6.61 Å². The second-order valence-corrected chi connectivity index (χ2v) is 4.55. The van der Waals surface area contributed by atoms with Crippen LogP contribution >= 0.6 is 11.3 Å². The van der Waals surface area contributed by atoms with Crippen LogP contribution in [0.5, 0.6) is 0 Å². The van der Waals surface area contributed by atoms with Gasteiger partial charge < -0.3 is 4.74 Å². The topological polar surface area (TPSA) is 47.3 Å². The number of nitrogens with two attached hydrogens (primary N) is 1. The molecule has 0 saturated carbocycles. The van der Waals surface area contributed by atoms with Crippen LogP contribution in [0.3, 0.4) is 0 Å². The van der Waals surface area contributed by atoms with E-state index in [4.69, 9.17) is 10.6 Å². The number of nitrogens with one attached hydrogen (secondary N) is 1. The van der Waals surface area contributed by atoms with E-state index >= 15 is 0 Å². The smallest absolute Gasteiger partial charge is 0.0786 e. The van der Waals surface area contributed by atoms with Crippen molar-refractivity contribution in [3.05, 3.63) is 21.4 Å². The van der Waals surface area contributed by atoms with Gasteiger partial charge in [0.25, 0.3) is 0 Å². The molecular weight excluding hydrogens is 196 g/mol. The maximum absolute atomic E-state index is 5.48. The average molecular weight is 214 g/mol. The lowest BCUT2D eigenvalue weighted by Crippen LogP contribution is -2.30. The van der Waals surface area contributed by atoms with Gasteiger partial charge in [-0.3, -0.25) is 5.84 Å². The molecule has 3 N–H and O–H groups in total. The van der Waals surface area contributed by atoms with Gasteiger partial charge >= 0.3 is 0 Å². The molecule has 0 fully saturated rings. The van der Waals surface area contributed by atoms with Gasteiger partial charge in [0.05, 0.1) is 12.6 Å². The summed E-state index contributed by atoms with van der Waals surface area (Å²) in [5.74, 6) is 5.48. The van der Waals surface area contributed by atoms with E-state index in [-0.39, 0.29) is 6.04 Å². The molecule has 4 heteroatoms. The Balaban J connectivity index is 2.68. The Bertz CT molecular complexity index is 266. The van der Waals surface area contributed by atoms with Crippen LogP contribution in [0, 0.1) is 13.8 Å². The van der Waals surface area contributed by atoms with Gasteiger partial charge in [0, 0.05) is 16.4 Å². The standard InChI is InChI=1S/C10H18N2OS/c1-4-13-6-9(12-11)10-5-7(2)8(3)14-10/h5,9,12H,4,6,11H2,1-3H3. The minimum Gasteiger partial charge on any atom is -0.380 e. The van der Waals surface area contributed by atoms with Gasteiger partial charge in [0.15, 0.2) is 0 Å². The van der Waals surface area contributed by atoms with E-state index in [1.54, 1.807) is 11.3 Å². The molecule has 0 aliphatic rings. The van der Waals surface area contributed by atoms with Gasteiger partial charge in [0.2, 0.25) is 0 Å². The molecule has 0 aliphatic carbocycles. The van der Waals surface area contributed by atoms with Crippen LogP contribution in [0.4, 0.5) is 0 Å². The van der Waals surface area contributed by atoms with E-state index < -0.39 is 0 Å². The first-order valence-electron chi connectivity index (χ1n) is 4.79. The molecule has 1 aromatic heterocycles. The molecule has 0 aliphatic heterocycles. The normalized spacial score (nSPS) is 13.1. The van der Waals surface area contributed by atoms with Crippen molar-refractivity contribution in [3.63, 3.8) is 0 Å². The molecule has 1 heterocycles. The van der Waals surface area contributed by atoms with Crippen LogP contribution in [0.25, 0.3) is 0 Å². The zero-order valence-electron chi connectivity index (χ0n) is 8.96. The highest BCUT2D eigenvalue weighted by atomic mass is 32.1. The highest BCUT2D eigenvalue weighted by Gasteiger charge is 2.12. The summed E-state index contributed by atoms with van der Waals surface area (Å²) in [6.07, 6.45) is 0. The number of hydrazine groups is 1. The molecule has 1 aromatic rings. The third-order valence-corrected chi connectivity index (χ3v) is 3.48. The zero-order chi connectivity index (χ0) is 10.6. The Hall–Kier alpha value is -0.420. The lowest BCUT2D eigenvalue weighted by molar-refractivity contribution is 0.124. The molecule has 0 radical (unpaired) electrons. The first kappa shape index (κ1) is 11.7. The third kappa shape index (κ3) is 2.78. The number of hydrogen-bond donors (Lipinski definition) is 2. The average Bonchev–Trinajstić information content (AvgIpc) is 2.48. The van der Waals surface area contributed by atoms with Crippen molar-refractivity contribution in [3.8, 4) is 0 Å². The van der Waals surface area contributed by atoms with Gasteiger partial charge in [-0.05, 0) is 32.4 Å². The quantitative estimate of drug-likeness (QED) is 0.581. The summed E-state index contributed by atoms with van der Waals surface area (Å²) in [7, 11) is 0.